The molecule has 3 nitrogen and oxygen atoms in total. The maximum Gasteiger partial charge on any atom is 0.307 e. The molecule has 0 unspecified atom stereocenters. The van der Waals surface area contributed by atoms with Crippen LogP contribution in [0.5, 0.6) is 0 Å². The summed E-state index contributed by atoms with van der Waals surface area (Å²) in [6, 6.07) is 0. The van der Waals surface area contributed by atoms with Gasteiger partial charge < -0.3 is 5.11 Å². The Morgan fingerprint density at radius 3 is 2.48 bits per heavy atom. The Balaban J connectivity index is 1.66. The second kappa shape index (κ2) is 6.19. The van der Waals surface area contributed by atoms with Crippen LogP contribution >= 0.6 is 0 Å². The molecule has 0 amide bonds. The van der Waals surface area contributed by atoms with Gasteiger partial charge in [-0.15, -0.1) is 0 Å². The Morgan fingerprint density at radius 2 is 1.78 bits per heavy atom. The first-order valence-corrected chi connectivity index (χ1v) is 11.0. The number of fused-ring (bicyclic) bond motifs is 5. The number of rotatable bonds is 2. The Kier molecular flexibility index (Phi) is 4.40. The molecule has 1 N–H and O–H groups in total. The fourth-order valence-corrected chi connectivity index (χ4v) is 8.43. The van der Waals surface area contributed by atoms with Crippen molar-refractivity contribution < 1.29 is 14.7 Å². The van der Waals surface area contributed by atoms with E-state index in [1.54, 1.807) is 0 Å². The normalized spacial score (nSPS) is 45.9. The van der Waals surface area contributed by atoms with Crippen LogP contribution in [0, 0.1) is 39.9 Å². The molecule has 6 atom stereocenters. The van der Waals surface area contributed by atoms with E-state index in [-0.39, 0.29) is 17.6 Å². The largest absolute Gasteiger partial charge is 0.481 e. The van der Waals surface area contributed by atoms with E-state index < -0.39 is 5.97 Å². The van der Waals surface area contributed by atoms with E-state index in [1.807, 2.05) is 0 Å². The minimum atomic E-state index is -0.884. The van der Waals surface area contributed by atoms with Crippen molar-refractivity contribution in [2.75, 3.05) is 0 Å². The standard InChI is InChI=1S/C24H36O3/c1-22(2)9-5-10-24(4)19(22)8-11-23(3)17-14-18(25)16(13-21(26)27)12-15(17)6-7-20(23)24/h12,15,17,19-20H,5-11,13-14H2,1-4H3,(H,26,27)/t15-,17-,19+,20-,23-,24-/m0/s1. The average molecular weight is 373 g/mol. The number of carbonyl (C=O) groups is 2. The van der Waals surface area contributed by atoms with E-state index in [0.29, 0.717) is 40.6 Å². The Morgan fingerprint density at radius 1 is 1.04 bits per heavy atom. The van der Waals surface area contributed by atoms with Crippen LogP contribution in [0.3, 0.4) is 0 Å². The van der Waals surface area contributed by atoms with Gasteiger partial charge in [0.2, 0.25) is 0 Å². The van der Waals surface area contributed by atoms with E-state index in [1.165, 1.54) is 38.5 Å². The van der Waals surface area contributed by atoms with Crippen LogP contribution in [-0.2, 0) is 9.59 Å². The zero-order valence-corrected chi connectivity index (χ0v) is 17.5. The van der Waals surface area contributed by atoms with Crippen molar-refractivity contribution in [2.45, 2.75) is 85.5 Å². The number of carboxylic acid groups (broad SMARTS) is 1. The molecule has 0 aliphatic heterocycles. The van der Waals surface area contributed by atoms with Crippen molar-refractivity contribution >= 4 is 11.8 Å². The summed E-state index contributed by atoms with van der Waals surface area (Å²) in [6.07, 6.45) is 11.5. The van der Waals surface area contributed by atoms with Gasteiger partial charge in [-0.1, -0.05) is 40.2 Å². The molecule has 0 saturated heterocycles. The molecule has 0 aromatic heterocycles. The number of aliphatic carboxylic acids is 1. The van der Waals surface area contributed by atoms with Crippen LogP contribution in [0.15, 0.2) is 11.6 Å². The van der Waals surface area contributed by atoms with E-state index in [0.717, 1.165) is 12.3 Å². The monoisotopic (exact) mass is 372 g/mol. The highest BCUT2D eigenvalue weighted by molar-refractivity contribution is 5.99. The van der Waals surface area contributed by atoms with E-state index in [9.17, 15) is 9.59 Å². The fraction of sp³-hybridized carbons (Fsp3) is 0.833. The van der Waals surface area contributed by atoms with Gasteiger partial charge in [0, 0.05) is 12.0 Å². The summed E-state index contributed by atoms with van der Waals surface area (Å²) in [5.41, 5.74) is 1.61. The zero-order valence-electron chi connectivity index (χ0n) is 17.5. The van der Waals surface area contributed by atoms with Gasteiger partial charge in [0.05, 0.1) is 6.42 Å². The molecule has 3 fully saturated rings. The maximum atomic E-state index is 12.7. The fourth-order valence-electron chi connectivity index (χ4n) is 8.43. The van der Waals surface area contributed by atoms with E-state index >= 15 is 0 Å². The topological polar surface area (TPSA) is 54.4 Å². The Hall–Kier alpha value is -1.12. The van der Waals surface area contributed by atoms with Gasteiger partial charge in [-0.05, 0) is 78.4 Å². The predicted octanol–water partition coefficient (Wildman–Crippen LogP) is 5.64. The quantitative estimate of drug-likeness (QED) is 0.683. The SMILES string of the molecule is CC1(C)CCC[C@]2(C)[C@H]3CC[C@H]4C=C(CC(=O)O)C(=O)C[C@@H]4[C@]3(C)CC[C@H]12. The van der Waals surface area contributed by atoms with Crippen LogP contribution in [-0.4, -0.2) is 16.9 Å². The van der Waals surface area contributed by atoms with Crippen molar-refractivity contribution in [3.05, 3.63) is 11.6 Å². The van der Waals surface area contributed by atoms with Gasteiger partial charge >= 0.3 is 5.97 Å². The molecule has 27 heavy (non-hydrogen) atoms. The molecule has 4 aliphatic rings. The highest BCUT2D eigenvalue weighted by Gasteiger charge is 2.62. The second-order valence-corrected chi connectivity index (χ2v) is 11.2. The lowest BCUT2D eigenvalue weighted by Gasteiger charge is -2.67. The minimum Gasteiger partial charge on any atom is -0.481 e. The van der Waals surface area contributed by atoms with Crippen molar-refractivity contribution in [1.29, 1.82) is 0 Å². The number of carbonyl (C=O) groups excluding carboxylic acids is 1. The minimum absolute atomic E-state index is 0.0942. The average Bonchev–Trinajstić information content (AvgIpc) is 2.54. The first-order valence-electron chi connectivity index (χ1n) is 11.0. The predicted molar refractivity (Wildman–Crippen MR) is 106 cm³/mol. The first kappa shape index (κ1) is 19.2. The third-order valence-electron chi connectivity index (χ3n) is 9.51. The maximum absolute atomic E-state index is 12.7. The molecule has 0 bridgehead atoms. The van der Waals surface area contributed by atoms with Crippen LogP contribution < -0.4 is 0 Å². The molecule has 4 rings (SSSR count). The molecule has 4 aliphatic carbocycles. The lowest BCUT2D eigenvalue weighted by molar-refractivity contribution is -0.174. The number of allylic oxidation sites excluding steroid dienone is 1. The summed E-state index contributed by atoms with van der Waals surface area (Å²) < 4.78 is 0. The molecule has 3 heteroatoms. The van der Waals surface area contributed by atoms with Crippen LogP contribution in [0.25, 0.3) is 0 Å². The third kappa shape index (κ3) is 2.83. The van der Waals surface area contributed by atoms with Gasteiger partial charge in [-0.2, -0.15) is 0 Å². The highest BCUT2D eigenvalue weighted by Crippen LogP contribution is 2.70. The summed E-state index contributed by atoms with van der Waals surface area (Å²) in [4.78, 5) is 23.9. The van der Waals surface area contributed by atoms with Gasteiger partial charge in [0.25, 0.3) is 0 Å². The summed E-state index contributed by atoms with van der Waals surface area (Å²) in [5.74, 6) is 1.51. The highest BCUT2D eigenvalue weighted by atomic mass is 16.4. The van der Waals surface area contributed by atoms with Crippen molar-refractivity contribution in [3.63, 3.8) is 0 Å². The lowest BCUT2D eigenvalue weighted by Crippen LogP contribution is -2.59. The van der Waals surface area contributed by atoms with Crippen molar-refractivity contribution in [2.24, 2.45) is 39.9 Å². The van der Waals surface area contributed by atoms with E-state index in [2.05, 4.69) is 33.8 Å². The molecule has 150 valence electrons. The number of hydrogen-bond acceptors (Lipinski definition) is 2. The smallest absolute Gasteiger partial charge is 0.307 e. The molecule has 3 saturated carbocycles. The summed E-state index contributed by atoms with van der Waals surface area (Å²) in [7, 11) is 0. The lowest BCUT2D eigenvalue weighted by atomic mass is 9.38. The van der Waals surface area contributed by atoms with E-state index in [4.69, 9.17) is 5.11 Å². The second-order valence-electron chi connectivity index (χ2n) is 11.2. The van der Waals surface area contributed by atoms with Crippen LogP contribution in [0.4, 0.5) is 0 Å². The van der Waals surface area contributed by atoms with Gasteiger partial charge in [-0.3, -0.25) is 9.59 Å². The zero-order chi connectivity index (χ0) is 19.6. The Labute approximate surface area is 164 Å². The molecular weight excluding hydrogens is 336 g/mol. The van der Waals surface area contributed by atoms with Gasteiger partial charge in [0.15, 0.2) is 5.78 Å². The van der Waals surface area contributed by atoms with Crippen LogP contribution in [0.2, 0.25) is 0 Å². The third-order valence-corrected chi connectivity index (χ3v) is 9.51. The van der Waals surface area contributed by atoms with Crippen molar-refractivity contribution in [3.8, 4) is 0 Å². The number of hydrogen-bond donors (Lipinski definition) is 1. The van der Waals surface area contributed by atoms with Crippen molar-refractivity contribution in [1.82, 2.24) is 0 Å². The number of carboxylic acids is 1. The summed E-state index contributed by atoms with van der Waals surface area (Å²) >= 11 is 0. The molecular formula is C24H36O3. The molecule has 0 aromatic rings. The van der Waals surface area contributed by atoms with Gasteiger partial charge in [-0.25, -0.2) is 0 Å². The summed E-state index contributed by atoms with van der Waals surface area (Å²) in [6.45, 7) is 10.0. The molecule has 0 heterocycles. The number of Topliss-reactive ketones (excluding diaryl/α,β-unsaturated/α-hetero) is 1. The van der Waals surface area contributed by atoms with Crippen LogP contribution in [0.1, 0.15) is 85.5 Å². The number of ketones is 1. The summed E-state index contributed by atoms with van der Waals surface area (Å²) in [5, 5.41) is 9.14. The Bertz CT molecular complexity index is 690. The molecule has 0 radical (unpaired) electrons. The first-order chi connectivity index (χ1) is 12.6. The molecule has 0 spiro atoms. The molecule has 0 aromatic carbocycles. The van der Waals surface area contributed by atoms with Gasteiger partial charge in [0.1, 0.15) is 0 Å².